The highest BCUT2D eigenvalue weighted by Gasteiger charge is 2.27. The summed E-state index contributed by atoms with van der Waals surface area (Å²) in [7, 11) is -1.99. The number of sulfonamides is 1. The Hall–Kier alpha value is -1.82. The van der Waals surface area contributed by atoms with Crippen molar-refractivity contribution < 1.29 is 8.42 Å². The van der Waals surface area contributed by atoms with Gasteiger partial charge in [-0.3, -0.25) is 8.99 Å². The van der Waals surface area contributed by atoms with Gasteiger partial charge in [-0.25, -0.2) is 8.42 Å². The zero-order valence-electron chi connectivity index (χ0n) is 13.8. The van der Waals surface area contributed by atoms with Crippen LogP contribution in [-0.2, 0) is 10.0 Å². The molecule has 1 heterocycles. The molecule has 1 fully saturated rings. The van der Waals surface area contributed by atoms with Crippen LogP contribution < -0.4 is 4.31 Å². The Balaban J connectivity index is 1.94. The summed E-state index contributed by atoms with van der Waals surface area (Å²) in [6, 6.07) is 7.98. The highest BCUT2D eigenvalue weighted by molar-refractivity contribution is 7.92. The third kappa shape index (κ3) is 2.87. The molecule has 0 spiro atoms. The lowest BCUT2D eigenvalue weighted by atomic mass is 9.93. The molecule has 0 saturated heterocycles. The van der Waals surface area contributed by atoms with E-state index in [-0.39, 0.29) is 10.8 Å². The smallest absolute Gasteiger partial charge is 0.267 e. The molecule has 0 N–H and O–H groups in total. The van der Waals surface area contributed by atoms with Crippen LogP contribution in [0.25, 0.3) is 0 Å². The zero-order chi connectivity index (χ0) is 16.6. The van der Waals surface area contributed by atoms with Gasteiger partial charge in [-0.15, -0.1) is 0 Å². The van der Waals surface area contributed by atoms with Crippen molar-refractivity contribution >= 4 is 15.7 Å². The van der Waals surface area contributed by atoms with Gasteiger partial charge in [0.15, 0.2) is 0 Å². The lowest BCUT2D eigenvalue weighted by molar-refractivity contribution is 0.289. The first-order valence-electron chi connectivity index (χ1n) is 8.03. The van der Waals surface area contributed by atoms with Gasteiger partial charge < -0.3 is 0 Å². The molecule has 124 valence electrons. The van der Waals surface area contributed by atoms with Gasteiger partial charge in [0.1, 0.15) is 4.90 Å². The lowest BCUT2D eigenvalue weighted by Crippen LogP contribution is -2.27. The second-order valence-electron chi connectivity index (χ2n) is 6.43. The van der Waals surface area contributed by atoms with Crippen molar-refractivity contribution in [2.45, 2.75) is 50.0 Å². The summed E-state index contributed by atoms with van der Waals surface area (Å²) in [6.07, 6.45) is 6.46. The monoisotopic (exact) mass is 333 g/mol. The predicted molar refractivity (Wildman–Crippen MR) is 91.2 cm³/mol. The summed E-state index contributed by atoms with van der Waals surface area (Å²) in [5.74, 6) is 0.251. The highest BCUT2D eigenvalue weighted by atomic mass is 32.2. The molecular formula is C17H23N3O2S. The van der Waals surface area contributed by atoms with E-state index in [9.17, 15) is 8.42 Å². The highest BCUT2D eigenvalue weighted by Crippen LogP contribution is 2.33. The molecule has 1 saturated carbocycles. The van der Waals surface area contributed by atoms with Crippen LogP contribution in [0.2, 0.25) is 0 Å². The summed E-state index contributed by atoms with van der Waals surface area (Å²) in [6.45, 7) is 4.13. The van der Waals surface area contributed by atoms with Crippen molar-refractivity contribution in [2.75, 3.05) is 11.4 Å². The first-order chi connectivity index (χ1) is 10.9. The van der Waals surface area contributed by atoms with Crippen LogP contribution in [-0.4, -0.2) is 25.2 Å². The maximum atomic E-state index is 12.9. The molecule has 1 aliphatic rings. The van der Waals surface area contributed by atoms with E-state index in [0.29, 0.717) is 6.04 Å². The Kier molecular flexibility index (Phi) is 4.19. The molecule has 3 rings (SSSR count). The Labute approximate surface area is 138 Å². The molecular weight excluding hydrogens is 310 g/mol. The molecule has 0 unspecified atom stereocenters. The van der Waals surface area contributed by atoms with Gasteiger partial charge in [0.05, 0.1) is 17.9 Å². The maximum Gasteiger partial charge on any atom is 0.267 e. The van der Waals surface area contributed by atoms with E-state index in [0.717, 1.165) is 24.1 Å². The van der Waals surface area contributed by atoms with Gasteiger partial charge >= 0.3 is 0 Å². The van der Waals surface area contributed by atoms with Gasteiger partial charge in [0, 0.05) is 13.2 Å². The molecule has 0 atom stereocenters. The van der Waals surface area contributed by atoms with Gasteiger partial charge in [-0.05, 0) is 36.8 Å². The van der Waals surface area contributed by atoms with Gasteiger partial charge in [-0.2, -0.15) is 5.10 Å². The SMILES string of the molecule is CC(C)c1ccccc1N(C)S(=O)(=O)c1cnn(C2CCC2)c1. The van der Waals surface area contributed by atoms with Crippen LogP contribution in [0.4, 0.5) is 5.69 Å². The second kappa shape index (κ2) is 6.00. The Morgan fingerprint density at radius 2 is 1.96 bits per heavy atom. The molecule has 0 aliphatic heterocycles. The summed E-state index contributed by atoms with van der Waals surface area (Å²) >= 11 is 0. The molecule has 1 aliphatic carbocycles. The molecule has 1 aromatic heterocycles. The fraction of sp³-hybridized carbons (Fsp3) is 0.471. The number of nitrogens with zero attached hydrogens (tertiary/aromatic N) is 3. The zero-order valence-corrected chi connectivity index (χ0v) is 14.6. The second-order valence-corrected chi connectivity index (χ2v) is 8.40. The Bertz CT molecular complexity index is 792. The minimum absolute atomic E-state index is 0.251. The third-order valence-corrected chi connectivity index (χ3v) is 6.31. The van der Waals surface area contributed by atoms with Gasteiger partial charge in [0.2, 0.25) is 0 Å². The van der Waals surface area contributed by atoms with Crippen LogP contribution in [0.1, 0.15) is 50.6 Å². The number of anilines is 1. The van der Waals surface area contributed by atoms with E-state index >= 15 is 0 Å². The van der Waals surface area contributed by atoms with Crippen LogP contribution in [0.5, 0.6) is 0 Å². The van der Waals surface area contributed by atoms with E-state index in [1.807, 2.05) is 24.3 Å². The fourth-order valence-electron chi connectivity index (χ4n) is 2.85. The predicted octanol–water partition coefficient (Wildman–Crippen LogP) is 3.56. The number of benzene rings is 1. The van der Waals surface area contributed by atoms with Gasteiger partial charge in [0.25, 0.3) is 10.0 Å². The Morgan fingerprint density at radius 1 is 1.26 bits per heavy atom. The van der Waals surface area contributed by atoms with Crippen molar-refractivity contribution in [1.82, 2.24) is 9.78 Å². The van der Waals surface area contributed by atoms with E-state index in [1.165, 1.54) is 16.9 Å². The molecule has 5 nitrogen and oxygen atoms in total. The van der Waals surface area contributed by atoms with Crippen molar-refractivity contribution in [3.05, 3.63) is 42.2 Å². The molecule has 0 amide bonds. The van der Waals surface area contributed by atoms with E-state index in [2.05, 4.69) is 18.9 Å². The third-order valence-electron chi connectivity index (χ3n) is 4.58. The van der Waals surface area contributed by atoms with Crippen LogP contribution in [0, 0.1) is 0 Å². The topological polar surface area (TPSA) is 55.2 Å². The summed E-state index contributed by atoms with van der Waals surface area (Å²) in [5.41, 5.74) is 1.74. The van der Waals surface area contributed by atoms with Crippen molar-refractivity contribution in [3.8, 4) is 0 Å². The minimum atomic E-state index is -3.59. The van der Waals surface area contributed by atoms with Gasteiger partial charge in [-0.1, -0.05) is 32.0 Å². The first-order valence-corrected chi connectivity index (χ1v) is 9.47. The average molecular weight is 333 g/mol. The molecule has 6 heteroatoms. The number of para-hydroxylation sites is 1. The fourth-order valence-corrected chi connectivity index (χ4v) is 4.02. The van der Waals surface area contributed by atoms with Crippen molar-refractivity contribution in [3.63, 3.8) is 0 Å². The number of rotatable bonds is 5. The Morgan fingerprint density at radius 3 is 2.57 bits per heavy atom. The minimum Gasteiger partial charge on any atom is -0.269 e. The lowest BCUT2D eigenvalue weighted by Gasteiger charge is -2.25. The van der Waals surface area contributed by atoms with Crippen LogP contribution in [0.15, 0.2) is 41.6 Å². The quantitative estimate of drug-likeness (QED) is 0.841. The number of aromatic nitrogens is 2. The largest absolute Gasteiger partial charge is 0.269 e. The van der Waals surface area contributed by atoms with Crippen LogP contribution in [0.3, 0.4) is 0 Å². The molecule has 2 aromatic rings. The summed E-state index contributed by atoms with van der Waals surface area (Å²) in [4.78, 5) is 0.255. The van der Waals surface area contributed by atoms with Crippen molar-refractivity contribution in [1.29, 1.82) is 0 Å². The van der Waals surface area contributed by atoms with E-state index in [1.54, 1.807) is 17.9 Å². The molecule has 0 bridgehead atoms. The number of hydrogen-bond acceptors (Lipinski definition) is 3. The number of hydrogen-bond donors (Lipinski definition) is 0. The normalized spacial score (nSPS) is 15.7. The average Bonchev–Trinajstić information content (AvgIpc) is 2.94. The molecule has 23 heavy (non-hydrogen) atoms. The van der Waals surface area contributed by atoms with Crippen molar-refractivity contribution in [2.24, 2.45) is 0 Å². The molecule has 0 radical (unpaired) electrons. The summed E-state index contributed by atoms with van der Waals surface area (Å²) < 4.78 is 29.0. The van der Waals surface area contributed by atoms with E-state index < -0.39 is 10.0 Å². The maximum absolute atomic E-state index is 12.9. The first kappa shape index (κ1) is 16.1. The van der Waals surface area contributed by atoms with Crippen LogP contribution >= 0.6 is 0 Å². The standard InChI is InChI=1S/C17H23N3O2S/c1-13(2)16-9-4-5-10-17(16)19(3)23(21,22)15-11-18-20(12-15)14-7-6-8-14/h4-5,9-14H,6-8H2,1-3H3. The molecule has 1 aromatic carbocycles. The van der Waals surface area contributed by atoms with E-state index in [4.69, 9.17) is 0 Å². The summed E-state index contributed by atoms with van der Waals surface area (Å²) in [5, 5.41) is 4.25.